The summed E-state index contributed by atoms with van der Waals surface area (Å²) in [5, 5.41) is 10.1. The number of hydrogen-bond donors (Lipinski definition) is 0. The maximum atomic E-state index is 13.2. The molecule has 1 aromatic carbocycles. The van der Waals surface area contributed by atoms with Crippen molar-refractivity contribution in [3.8, 4) is 0 Å². The number of carbonyl (C=O) groups excluding carboxylic acids is 1. The van der Waals surface area contributed by atoms with E-state index in [-0.39, 0.29) is 22.5 Å². The van der Waals surface area contributed by atoms with Crippen LogP contribution in [-0.2, 0) is 19.9 Å². The SMILES string of the molecule is Cn1c(=O)c2c3c(sc2n2c(SCC(=O)c4ccccc4)nnc12)C[C@H](C(C)(C)C)CC3. The van der Waals surface area contributed by atoms with Gasteiger partial charge in [0, 0.05) is 17.5 Å². The van der Waals surface area contributed by atoms with E-state index in [2.05, 4.69) is 31.0 Å². The number of rotatable bonds is 4. The second kappa shape index (κ2) is 7.85. The van der Waals surface area contributed by atoms with Crippen LogP contribution in [0.25, 0.3) is 16.0 Å². The van der Waals surface area contributed by atoms with Gasteiger partial charge in [-0.25, -0.2) is 4.40 Å². The summed E-state index contributed by atoms with van der Waals surface area (Å²) in [4.78, 5) is 28.1. The molecule has 0 fully saturated rings. The van der Waals surface area contributed by atoms with Gasteiger partial charge in [0.2, 0.25) is 5.78 Å². The van der Waals surface area contributed by atoms with Crippen LogP contribution < -0.4 is 5.56 Å². The fourth-order valence-corrected chi connectivity index (χ4v) is 6.84. The highest BCUT2D eigenvalue weighted by Gasteiger charge is 2.32. The number of thioether (sulfide) groups is 1. The molecule has 0 N–H and O–H groups in total. The molecule has 8 heteroatoms. The van der Waals surface area contributed by atoms with Gasteiger partial charge in [-0.15, -0.1) is 21.5 Å². The zero-order valence-electron chi connectivity index (χ0n) is 18.7. The van der Waals surface area contributed by atoms with Crippen molar-refractivity contribution in [2.75, 3.05) is 5.75 Å². The van der Waals surface area contributed by atoms with Gasteiger partial charge in [0.25, 0.3) is 5.56 Å². The minimum absolute atomic E-state index is 0.0106. The van der Waals surface area contributed by atoms with E-state index >= 15 is 0 Å². The van der Waals surface area contributed by atoms with Gasteiger partial charge in [-0.2, -0.15) is 0 Å². The van der Waals surface area contributed by atoms with E-state index < -0.39 is 0 Å². The van der Waals surface area contributed by atoms with E-state index in [4.69, 9.17) is 0 Å². The zero-order chi connectivity index (χ0) is 22.6. The number of benzene rings is 1. The van der Waals surface area contributed by atoms with Gasteiger partial charge in [-0.1, -0.05) is 62.9 Å². The van der Waals surface area contributed by atoms with Gasteiger partial charge in [0.05, 0.1) is 11.1 Å². The maximum Gasteiger partial charge on any atom is 0.263 e. The fourth-order valence-electron chi connectivity index (χ4n) is 4.54. The number of carbonyl (C=O) groups is 1. The number of fused-ring (bicyclic) bond motifs is 5. The third-order valence-corrected chi connectivity index (χ3v) is 8.71. The average molecular weight is 467 g/mol. The highest BCUT2D eigenvalue weighted by Crippen LogP contribution is 2.43. The standard InChI is InChI=1S/C24H26N4O2S2/c1-24(2,3)15-10-11-16-18(12-15)32-21-19(16)20(30)27(4)22-25-26-23(28(21)22)31-13-17(29)14-8-6-5-7-9-14/h5-9,15H,10-13H2,1-4H3/t15-/m1/s1. The van der Waals surface area contributed by atoms with E-state index in [0.29, 0.717) is 22.4 Å². The lowest BCUT2D eigenvalue weighted by Crippen LogP contribution is -2.27. The molecule has 1 aliphatic carbocycles. The molecule has 0 saturated carbocycles. The third kappa shape index (κ3) is 3.49. The molecule has 4 aromatic rings. The number of aromatic nitrogens is 4. The van der Waals surface area contributed by atoms with Crippen molar-refractivity contribution >= 4 is 44.9 Å². The Labute approximate surface area is 194 Å². The highest BCUT2D eigenvalue weighted by molar-refractivity contribution is 7.99. The second-order valence-corrected chi connectivity index (χ2v) is 11.6. The lowest BCUT2D eigenvalue weighted by molar-refractivity contribution is 0.102. The van der Waals surface area contributed by atoms with Crippen molar-refractivity contribution in [3.63, 3.8) is 0 Å². The van der Waals surface area contributed by atoms with E-state index in [9.17, 15) is 9.59 Å². The molecular weight excluding hydrogens is 440 g/mol. The Morgan fingerprint density at radius 3 is 2.69 bits per heavy atom. The first kappa shape index (κ1) is 21.4. The highest BCUT2D eigenvalue weighted by atomic mass is 32.2. The van der Waals surface area contributed by atoms with Crippen molar-refractivity contribution in [1.29, 1.82) is 0 Å². The van der Waals surface area contributed by atoms with Crippen molar-refractivity contribution in [2.45, 2.75) is 45.2 Å². The number of ketones is 1. The average Bonchev–Trinajstić information content (AvgIpc) is 3.37. The lowest BCUT2D eigenvalue weighted by Gasteiger charge is -2.33. The van der Waals surface area contributed by atoms with Crippen LogP contribution in [0.3, 0.4) is 0 Å². The van der Waals surface area contributed by atoms with Gasteiger partial charge in [-0.3, -0.25) is 14.2 Å². The summed E-state index contributed by atoms with van der Waals surface area (Å²) in [6.45, 7) is 6.89. The largest absolute Gasteiger partial charge is 0.293 e. The molecule has 0 bridgehead atoms. The van der Waals surface area contributed by atoms with Gasteiger partial charge in [-0.05, 0) is 36.2 Å². The third-order valence-electron chi connectivity index (χ3n) is 6.54. The van der Waals surface area contributed by atoms with Crippen LogP contribution in [-0.4, -0.2) is 30.7 Å². The van der Waals surface area contributed by atoms with Gasteiger partial charge < -0.3 is 0 Å². The monoisotopic (exact) mass is 466 g/mol. The molecule has 3 heterocycles. The van der Waals surface area contributed by atoms with Crippen LogP contribution in [0.1, 0.15) is 48.0 Å². The molecule has 5 rings (SSSR count). The number of thiophene rings is 1. The Morgan fingerprint density at radius 2 is 1.97 bits per heavy atom. The number of nitrogens with zero attached hydrogens (tertiary/aromatic N) is 4. The Balaban J connectivity index is 1.58. The first-order valence-corrected chi connectivity index (χ1v) is 12.7. The van der Waals surface area contributed by atoms with Crippen LogP contribution >= 0.6 is 23.1 Å². The van der Waals surface area contributed by atoms with E-state index in [1.54, 1.807) is 23.0 Å². The van der Waals surface area contributed by atoms with Crippen molar-refractivity contribution < 1.29 is 4.79 Å². The van der Waals surface area contributed by atoms with Crippen LogP contribution in [0.4, 0.5) is 0 Å². The predicted molar refractivity (Wildman–Crippen MR) is 130 cm³/mol. The molecule has 0 spiro atoms. The smallest absolute Gasteiger partial charge is 0.263 e. The summed E-state index contributed by atoms with van der Waals surface area (Å²) in [7, 11) is 1.75. The molecule has 1 aliphatic rings. The maximum absolute atomic E-state index is 13.2. The van der Waals surface area contributed by atoms with Crippen LogP contribution in [0.5, 0.6) is 0 Å². The van der Waals surface area contributed by atoms with Crippen LogP contribution in [0, 0.1) is 11.3 Å². The molecule has 0 radical (unpaired) electrons. The molecule has 32 heavy (non-hydrogen) atoms. The zero-order valence-corrected chi connectivity index (χ0v) is 20.3. The molecule has 0 unspecified atom stereocenters. The molecule has 0 amide bonds. The molecule has 166 valence electrons. The Kier molecular flexibility index (Phi) is 5.25. The molecular formula is C24H26N4O2S2. The van der Waals surface area contributed by atoms with Crippen molar-refractivity contribution in [2.24, 2.45) is 18.4 Å². The van der Waals surface area contributed by atoms with E-state index in [1.807, 2.05) is 34.7 Å². The van der Waals surface area contributed by atoms with Gasteiger partial charge in [0.15, 0.2) is 10.9 Å². The predicted octanol–water partition coefficient (Wildman–Crippen LogP) is 4.77. The molecule has 0 saturated heterocycles. The normalized spacial score (nSPS) is 16.6. The molecule has 6 nitrogen and oxygen atoms in total. The summed E-state index contributed by atoms with van der Waals surface area (Å²) in [5.74, 6) is 1.43. The van der Waals surface area contributed by atoms with Crippen molar-refractivity contribution in [1.82, 2.24) is 19.2 Å². The summed E-state index contributed by atoms with van der Waals surface area (Å²) < 4.78 is 3.55. The first-order chi connectivity index (χ1) is 15.3. The Hall–Kier alpha value is -2.45. The van der Waals surface area contributed by atoms with Crippen LogP contribution in [0.2, 0.25) is 0 Å². The number of aryl methyl sites for hydroxylation is 2. The molecule has 0 aliphatic heterocycles. The molecule has 3 aromatic heterocycles. The first-order valence-electron chi connectivity index (χ1n) is 10.8. The van der Waals surface area contributed by atoms with E-state index in [0.717, 1.165) is 29.5 Å². The lowest BCUT2D eigenvalue weighted by atomic mass is 9.72. The van der Waals surface area contributed by atoms with Gasteiger partial charge in [0.1, 0.15) is 4.83 Å². The summed E-state index contributed by atoms with van der Waals surface area (Å²) in [6, 6.07) is 9.28. The minimum Gasteiger partial charge on any atom is -0.293 e. The second-order valence-electron chi connectivity index (χ2n) is 9.55. The number of hydrogen-bond acceptors (Lipinski definition) is 6. The quantitative estimate of drug-likeness (QED) is 0.320. The summed E-state index contributed by atoms with van der Waals surface area (Å²) >= 11 is 3.06. The van der Waals surface area contributed by atoms with Crippen LogP contribution in [0.15, 0.2) is 40.3 Å². The summed E-state index contributed by atoms with van der Waals surface area (Å²) in [5.41, 5.74) is 2.11. The Morgan fingerprint density at radius 1 is 1.22 bits per heavy atom. The minimum atomic E-state index is -0.0106. The number of Topliss-reactive ketones (excluding diaryl/α,β-unsaturated/α-hetero) is 1. The van der Waals surface area contributed by atoms with Gasteiger partial charge >= 0.3 is 0 Å². The van der Waals surface area contributed by atoms with E-state index in [1.165, 1.54) is 22.2 Å². The Bertz CT molecular complexity index is 1390. The fraction of sp³-hybridized carbons (Fsp3) is 0.417. The summed E-state index contributed by atoms with van der Waals surface area (Å²) in [6.07, 6.45) is 3.02. The van der Waals surface area contributed by atoms with Crippen molar-refractivity contribution in [3.05, 3.63) is 56.7 Å². The molecule has 1 atom stereocenters. The topological polar surface area (TPSA) is 69.3 Å².